The van der Waals surface area contributed by atoms with Crippen LogP contribution in [-0.4, -0.2) is 50.2 Å². The number of carbonyl (C=O) groups excluding carboxylic acids is 1. The second kappa shape index (κ2) is 6.46. The maximum atomic E-state index is 12.6. The number of carbonyl (C=O) groups is 1. The van der Waals surface area contributed by atoms with E-state index < -0.39 is 10.0 Å². The van der Waals surface area contributed by atoms with Gasteiger partial charge in [-0.15, -0.1) is 0 Å². The van der Waals surface area contributed by atoms with Crippen LogP contribution in [0.15, 0.2) is 27.6 Å². The maximum Gasteiger partial charge on any atom is 0.243 e. The highest BCUT2D eigenvalue weighted by molar-refractivity contribution is 9.10. The largest absolute Gasteiger partial charge is 0.342 e. The molecule has 1 aromatic carbocycles. The van der Waals surface area contributed by atoms with Crippen molar-refractivity contribution in [3.05, 3.63) is 28.2 Å². The first-order valence-electron chi connectivity index (χ1n) is 6.82. The third-order valence-corrected chi connectivity index (χ3v) is 6.09. The number of likely N-dealkylation sites (N-methyl/N-ethyl adjacent to an activating group) is 1. The summed E-state index contributed by atoms with van der Waals surface area (Å²) < 4.78 is 27.0. The molecule has 0 atom stereocenters. The van der Waals surface area contributed by atoms with Gasteiger partial charge in [0, 0.05) is 24.6 Å². The Morgan fingerprint density at radius 3 is 2.57 bits per heavy atom. The zero-order valence-corrected chi connectivity index (χ0v) is 14.6. The summed E-state index contributed by atoms with van der Waals surface area (Å²) in [6, 6.07) is 5.11. The lowest BCUT2D eigenvalue weighted by Crippen LogP contribution is -2.40. The van der Waals surface area contributed by atoms with Gasteiger partial charge in [0.2, 0.25) is 15.9 Å². The standard InChI is InChI=1S/C14H19BrN2O3S/c1-11-5-6-12(15)9-13(11)21(19,20)16(2)10-14(18)17-7-3-4-8-17/h5-6,9H,3-4,7-8,10H2,1-2H3. The third-order valence-electron chi connectivity index (χ3n) is 3.66. The highest BCUT2D eigenvalue weighted by Crippen LogP contribution is 2.23. The third kappa shape index (κ3) is 3.64. The molecule has 0 spiro atoms. The van der Waals surface area contributed by atoms with Crippen LogP contribution in [-0.2, 0) is 14.8 Å². The second-order valence-electron chi connectivity index (χ2n) is 5.26. The Kier molecular flexibility index (Phi) is 5.06. The SMILES string of the molecule is Cc1ccc(Br)cc1S(=O)(=O)N(C)CC(=O)N1CCCC1. The van der Waals surface area contributed by atoms with E-state index in [9.17, 15) is 13.2 Å². The van der Waals surface area contributed by atoms with Crippen LogP contribution in [0.5, 0.6) is 0 Å². The van der Waals surface area contributed by atoms with Crippen LogP contribution in [0.4, 0.5) is 0 Å². The molecule has 1 saturated heterocycles. The lowest BCUT2D eigenvalue weighted by Gasteiger charge is -2.22. The average molecular weight is 375 g/mol. The van der Waals surface area contributed by atoms with E-state index in [-0.39, 0.29) is 17.3 Å². The Hall–Kier alpha value is -0.920. The Balaban J connectivity index is 2.18. The monoisotopic (exact) mass is 374 g/mol. The van der Waals surface area contributed by atoms with E-state index in [0.717, 1.165) is 30.2 Å². The van der Waals surface area contributed by atoms with Crippen LogP contribution in [0.2, 0.25) is 0 Å². The molecule has 1 aliphatic rings. The predicted molar refractivity (Wildman–Crippen MR) is 84.5 cm³/mol. The second-order valence-corrected chi connectivity index (χ2v) is 8.19. The van der Waals surface area contributed by atoms with Crippen LogP contribution < -0.4 is 0 Å². The van der Waals surface area contributed by atoms with Gasteiger partial charge in [-0.2, -0.15) is 4.31 Å². The molecular weight excluding hydrogens is 356 g/mol. The van der Waals surface area contributed by atoms with E-state index >= 15 is 0 Å². The van der Waals surface area contributed by atoms with Crippen molar-refractivity contribution in [2.45, 2.75) is 24.7 Å². The minimum atomic E-state index is -3.66. The summed E-state index contributed by atoms with van der Waals surface area (Å²) in [5.74, 6) is -0.133. The molecule has 5 nitrogen and oxygen atoms in total. The molecular formula is C14H19BrN2O3S. The van der Waals surface area contributed by atoms with Crippen molar-refractivity contribution >= 4 is 31.9 Å². The van der Waals surface area contributed by atoms with Crippen LogP contribution in [0, 0.1) is 6.92 Å². The minimum Gasteiger partial charge on any atom is -0.342 e. The van der Waals surface area contributed by atoms with Crippen molar-refractivity contribution < 1.29 is 13.2 Å². The minimum absolute atomic E-state index is 0.117. The molecule has 0 N–H and O–H groups in total. The van der Waals surface area contributed by atoms with Crippen molar-refractivity contribution in [2.75, 3.05) is 26.7 Å². The number of likely N-dealkylation sites (tertiary alicyclic amines) is 1. The number of hydrogen-bond donors (Lipinski definition) is 0. The van der Waals surface area contributed by atoms with E-state index in [2.05, 4.69) is 15.9 Å². The molecule has 0 saturated carbocycles. The summed E-state index contributed by atoms with van der Waals surface area (Å²) in [4.78, 5) is 14.0. The molecule has 1 fully saturated rings. The Morgan fingerprint density at radius 1 is 1.33 bits per heavy atom. The number of hydrogen-bond acceptors (Lipinski definition) is 3. The van der Waals surface area contributed by atoms with Gasteiger partial charge in [0.15, 0.2) is 0 Å². The molecule has 0 aromatic heterocycles. The van der Waals surface area contributed by atoms with Gasteiger partial charge < -0.3 is 4.90 Å². The highest BCUT2D eigenvalue weighted by Gasteiger charge is 2.27. The van der Waals surface area contributed by atoms with Gasteiger partial charge in [-0.3, -0.25) is 4.79 Å². The van der Waals surface area contributed by atoms with E-state index in [1.54, 1.807) is 30.0 Å². The fraction of sp³-hybridized carbons (Fsp3) is 0.500. The van der Waals surface area contributed by atoms with Gasteiger partial charge in [-0.05, 0) is 37.5 Å². The van der Waals surface area contributed by atoms with E-state index in [1.165, 1.54) is 7.05 Å². The summed E-state index contributed by atoms with van der Waals surface area (Å²) in [6.07, 6.45) is 1.99. The summed E-state index contributed by atoms with van der Waals surface area (Å²) in [5, 5.41) is 0. The first-order chi connectivity index (χ1) is 9.82. The molecule has 1 aromatic rings. The Bertz CT molecular complexity index is 640. The molecule has 7 heteroatoms. The molecule has 0 aliphatic carbocycles. The molecule has 0 radical (unpaired) electrons. The fourth-order valence-corrected chi connectivity index (χ4v) is 4.24. The molecule has 116 valence electrons. The number of nitrogens with zero attached hydrogens (tertiary/aromatic N) is 2. The van der Waals surface area contributed by atoms with Gasteiger partial charge in [0.1, 0.15) is 0 Å². The zero-order valence-electron chi connectivity index (χ0n) is 12.2. The van der Waals surface area contributed by atoms with Gasteiger partial charge in [0.25, 0.3) is 0 Å². The zero-order chi connectivity index (χ0) is 15.6. The normalized spacial score (nSPS) is 15.7. The van der Waals surface area contributed by atoms with Crippen molar-refractivity contribution in [1.82, 2.24) is 9.21 Å². The van der Waals surface area contributed by atoms with Gasteiger partial charge in [0.05, 0.1) is 11.4 Å². The number of sulfonamides is 1. The number of aryl methyl sites for hydroxylation is 1. The molecule has 0 bridgehead atoms. The van der Waals surface area contributed by atoms with Crippen molar-refractivity contribution in [3.8, 4) is 0 Å². The quantitative estimate of drug-likeness (QED) is 0.809. The lowest BCUT2D eigenvalue weighted by molar-refractivity contribution is -0.130. The van der Waals surface area contributed by atoms with Gasteiger partial charge in [-0.1, -0.05) is 22.0 Å². The Morgan fingerprint density at radius 2 is 1.95 bits per heavy atom. The number of halogens is 1. The molecule has 2 rings (SSSR count). The maximum absolute atomic E-state index is 12.6. The number of benzene rings is 1. The smallest absolute Gasteiger partial charge is 0.243 e. The van der Waals surface area contributed by atoms with Crippen molar-refractivity contribution in [2.24, 2.45) is 0 Å². The van der Waals surface area contributed by atoms with Gasteiger partial charge >= 0.3 is 0 Å². The van der Waals surface area contributed by atoms with E-state index in [4.69, 9.17) is 0 Å². The van der Waals surface area contributed by atoms with Crippen LogP contribution >= 0.6 is 15.9 Å². The first kappa shape index (κ1) is 16.5. The molecule has 1 heterocycles. The Labute approximate surface area is 134 Å². The van der Waals surface area contributed by atoms with Crippen LogP contribution in [0.25, 0.3) is 0 Å². The predicted octanol–water partition coefficient (Wildman–Crippen LogP) is 2.00. The molecule has 1 amide bonds. The first-order valence-corrected chi connectivity index (χ1v) is 9.06. The highest BCUT2D eigenvalue weighted by atomic mass is 79.9. The summed E-state index contributed by atoms with van der Waals surface area (Å²) in [5.41, 5.74) is 0.665. The molecule has 21 heavy (non-hydrogen) atoms. The molecule has 1 aliphatic heterocycles. The summed E-state index contributed by atoms with van der Waals surface area (Å²) in [7, 11) is -2.21. The molecule has 0 unspecified atom stereocenters. The fourth-order valence-electron chi connectivity index (χ4n) is 2.36. The number of rotatable bonds is 4. The summed E-state index contributed by atoms with van der Waals surface area (Å²) in [6.45, 7) is 3.08. The van der Waals surface area contributed by atoms with Crippen molar-refractivity contribution in [1.29, 1.82) is 0 Å². The number of amides is 1. The topological polar surface area (TPSA) is 57.7 Å². The van der Waals surface area contributed by atoms with Crippen molar-refractivity contribution in [3.63, 3.8) is 0 Å². The van der Waals surface area contributed by atoms with Crippen LogP contribution in [0.3, 0.4) is 0 Å². The van der Waals surface area contributed by atoms with Gasteiger partial charge in [-0.25, -0.2) is 8.42 Å². The van der Waals surface area contributed by atoms with Crippen LogP contribution in [0.1, 0.15) is 18.4 Å². The van der Waals surface area contributed by atoms with E-state index in [0.29, 0.717) is 10.0 Å². The lowest BCUT2D eigenvalue weighted by atomic mass is 10.2. The summed E-state index contributed by atoms with van der Waals surface area (Å²) >= 11 is 3.28. The average Bonchev–Trinajstić information content (AvgIpc) is 2.95. The van der Waals surface area contributed by atoms with E-state index in [1.807, 2.05) is 0 Å².